The predicted molar refractivity (Wildman–Crippen MR) is 131 cm³/mol. The van der Waals surface area contributed by atoms with Gasteiger partial charge in [0, 0.05) is 22.0 Å². The first-order valence-corrected chi connectivity index (χ1v) is 12.9. The van der Waals surface area contributed by atoms with Crippen LogP contribution in [0.25, 0.3) is 11.3 Å². The lowest BCUT2D eigenvalue weighted by Gasteiger charge is -2.21. The fraction of sp³-hybridized carbons (Fsp3) is 0.0870. The van der Waals surface area contributed by atoms with Crippen molar-refractivity contribution in [3.63, 3.8) is 0 Å². The van der Waals surface area contributed by atoms with Crippen LogP contribution in [0.15, 0.2) is 86.7 Å². The number of hydrogen-bond donors (Lipinski definition) is 0. The van der Waals surface area contributed by atoms with E-state index in [4.69, 9.17) is 27.6 Å². The lowest BCUT2D eigenvalue weighted by Crippen LogP contribution is -2.16. The summed E-state index contributed by atoms with van der Waals surface area (Å²) in [6.45, 7) is 0.477. The van der Waals surface area contributed by atoms with E-state index in [0.717, 1.165) is 15.7 Å². The van der Waals surface area contributed by atoms with E-state index in [1.165, 1.54) is 6.26 Å². The van der Waals surface area contributed by atoms with Crippen LogP contribution in [0.4, 0.5) is 11.7 Å². The first-order valence-electron chi connectivity index (χ1n) is 9.44. The molecule has 0 unspecified atom stereocenters. The first kappa shape index (κ1) is 22.9. The van der Waals surface area contributed by atoms with E-state index < -0.39 is 9.84 Å². The van der Waals surface area contributed by atoms with Gasteiger partial charge in [0.1, 0.15) is 0 Å². The van der Waals surface area contributed by atoms with Crippen LogP contribution < -0.4 is 4.90 Å². The van der Waals surface area contributed by atoms with E-state index >= 15 is 0 Å². The summed E-state index contributed by atoms with van der Waals surface area (Å²) in [5.41, 5.74) is 2.51. The van der Waals surface area contributed by atoms with Crippen LogP contribution in [0.2, 0.25) is 10.0 Å². The van der Waals surface area contributed by atoms with Crippen molar-refractivity contribution in [1.82, 2.24) is 4.98 Å². The minimum absolute atomic E-state index is 0.244. The molecule has 3 aromatic carbocycles. The number of rotatable bonds is 6. The van der Waals surface area contributed by atoms with E-state index in [9.17, 15) is 8.42 Å². The maximum Gasteiger partial charge on any atom is 0.302 e. The van der Waals surface area contributed by atoms with Crippen molar-refractivity contribution in [2.75, 3.05) is 11.2 Å². The Bertz CT molecular complexity index is 1370. The quantitative estimate of drug-likeness (QED) is 0.254. The molecule has 0 atom stereocenters. The van der Waals surface area contributed by atoms with E-state index in [1.54, 1.807) is 42.6 Å². The van der Waals surface area contributed by atoms with Crippen LogP contribution in [0.3, 0.4) is 0 Å². The number of oxazole rings is 1. The van der Waals surface area contributed by atoms with Gasteiger partial charge in [-0.3, -0.25) is 4.90 Å². The number of halogens is 3. The molecule has 4 aromatic rings. The molecule has 0 bridgehead atoms. The minimum atomic E-state index is -3.27. The molecule has 0 saturated carbocycles. The third-order valence-corrected chi connectivity index (χ3v) is 7.10. The third-order valence-electron chi connectivity index (χ3n) is 4.74. The van der Waals surface area contributed by atoms with Crippen LogP contribution in [0, 0.1) is 0 Å². The zero-order chi connectivity index (χ0) is 22.9. The average molecular weight is 552 g/mol. The molecule has 0 aliphatic rings. The second-order valence-corrected chi connectivity index (χ2v) is 10.9. The molecule has 0 aliphatic carbocycles. The Morgan fingerprint density at radius 2 is 1.75 bits per heavy atom. The summed E-state index contributed by atoms with van der Waals surface area (Å²) in [6, 6.07) is 20.1. The predicted octanol–water partition coefficient (Wildman–Crippen LogP) is 7.15. The highest BCUT2D eigenvalue weighted by atomic mass is 79.9. The number of hydrogen-bond acceptors (Lipinski definition) is 5. The molecule has 0 radical (unpaired) electrons. The number of benzene rings is 3. The zero-order valence-electron chi connectivity index (χ0n) is 16.8. The number of nitrogens with zero attached hydrogens (tertiary/aromatic N) is 2. The molecule has 1 heterocycles. The Labute approximate surface area is 204 Å². The summed E-state index contributed by atoms with van der Waals surface area (Å²) in [4.78, 5) is 6.60. The maximum atomic E-state index is 11.7. The highest BCUT2D eigenvalue weighted by Crippen LogP contribution is 2.34. The lowest BCUT2D eigenvalue weighted by atomic mass is 10.2. The molecule has 1 aromatic heterocycles. The van der Waals surface area contributed by atoms with Gasteiger partial charge >= 0.3 is 6.01 Å². The van der Waals surface area contributed by atoms with E-state index in [-0.39, 0.29) is 4.90 Å². The Morgan fingerprint density at radius 1 is 1.00 bits per heavy atom. The molecule has 0 amide bonds. The topological polar surface area (TPSA) is 63.4 Å². The van der Waals surface area contributed by atoms with Crippen LogP contribution in [0.5, 0.6) is 0 Å². The van der Waals surface area contributed by atoms with Crippen molar-refractivity contribution in [2.45, 2.75) is 11.4 Å². The van der Waals surface area contributed by atoms with Gasteiger partial charge < -0.3 is 4.42 Å². The molecule has 0 aliphatic heterocycles. The summed E-state index contributed by atoms with van der Waals surface area (Å²) in [5, 5.41) is 0.878. The molecule has 0 saturated heterocycles. The van der Waals surface area contributed by atoms with Gasteiger partial charge in [-0.1, -0.05) is 51.3 Å². The molecular formula is C23H17BrCl2N2O3S. The van der Waals surface area contributed by atoms with Gasteiger partial charge in [-0.2, -0.15) is 0 Å². The monoisotopic (exact) mass is 550 g/mol. The highest BCUT2D eigenvalue weighted by Gasteiger charge is 2.18. The van der Waals surface area contributed by atoms with Crippen molar-refractivity contribution in [2.24, 2.45) is 0 Å². The van der Waals surface area contributed by atoms with Gasteiger partial charge in [0.15, 0.2) is 15.6 Å². The van der Waals surface area contributed by atoms with Crippen LogP contribution in [0.1, 0.15) is 5.56 Å². The molecule has 0 N–H and O–H groups in total. The van der Waals surface area contributed by atoms with Crippen molar-refractivity contribution < 1.29 is 12.8 Å². The molecule has 164 valence electrons. The van der Waals surface area contributed by atoms with Gasteiger partial charge in [-0.25, -0.2) is 13.4 Å². The van der Waals surface area contributed by atoms with E-state index in [1.807, 2.05) is 35.2 Å². The molecule has 0 spiro atoms. The van der Waals surface area contributed by atoms with E-state index in [0.29, 0.717) is 33.9 Å². The molecule has 9 heteroatoms. The fourth-order valence-electron chi connectivity index (χ4n) is 3.13. The van der Waals surface area contributed by atoms with Crippen molar-refractivity contribution in [1.29, 1.82) is 0 Å². The summed E-state index contributed by atoms with van der Waals surface area (Å²) >= 11 is 15.9. The van der Waals surface area contributed by atoms with Gasteiger partial charge in [-0.15, -0.1) is 0 Å². The van der Waals surface area contributed by atoms with Crippen LogP contribution in [-0.2, 0) is 16.4 Å². The van der Waals surface area contributed by atoms with Gasteiger partial charge in [-0.05, 0) is 60.2 Å². The summed E-state index contributed by atoms with van der Waals surface area (Å²) < 4.78 is 30.5. The Balaban J connectivity index is 1.71. The van der Waals surface area contributed by atoms with Crippen LogP contribution >= 0.6 is 39.1 Å². The number of anilines is 2. The smallest absolute Gasteiger partial charge is 0.302 e. The number of aromatic nitrogens is 1. The zero-order valence-corrected chi connectivity index (χ0v) is 20.7. The summed E-state index contributed by atoms with van der Waals surface area (Å²) in [6.07, 6.45) is 2.78. The molecule has 0 fully saturated rings. The lowest BCUT2D eigenvalue weighted by molar-refractivity contribution is 0.564. The van der Waals surface area contributed by atoms with Gasteiger partial charge in [0.2, 0.25) is 0 Å². The second kappa shape index (κ2) is 9.27. The maximum absolute atomic E-state index is 11.7. The fourth-order valence-corrected chi connectivity index (χ4v) is 4.50. The van der Waals surface area contributed by atoms with Crippen molar-refractivity contribution in [3.05, 3.63) is 93.0 Å². The summed E-state index contributed by atoms with van der Waals surface area (Å²) in [5.74, 6) is 0.513. The van der Waals surface area contributed by atoms with E-state index in [2.05, 4.69) is 20.9 Å². The highest BCUT2D eigenvalue weighted by molar-refractivity contribution is 9.10. The van der Waals surface area contributed by atoms with Crippen LogP contribution in [-0.4, -0.2) is 19.7 Å². The molecule has 32 heavy (non-hydrogen) atoms. The normalized spacial score (nSPS) is 11.5. The molecule has 5 nitrogen and oxygen atoms in total. The van der Waals surface area contributed by atoms with Gasteiger partial charge in [0.05, 0.1) is 27.7 Å². The first-order chi connectivity index (χ1) is 15.2. The average Bonchev–Trinajstić information content (AvgIpc) is 3.24. The standard InChI is InChI=1S/C23H17BrCl2N2O3S/c1-32(29,30)19-8-5-16(6-9-19)22-13-27-23(31-22)28(14-15-3-2-4-17(24)11-15)18-7-10-20(25)21(26)12-18/h2-13H,14H2,1H3. The Morgan fingerprint density at radius 3 is 2.41 bits per heavy atom. The third kappa shape index (κ3) is 5.18. The van der Waals surface area contributed by atoms with Gasteiger partial charge in [0.25, 0.3) is 0 Å². The Hall–Kier alpha value is -2.32. The minimum Gasteiger partial charge on any atom is -0.423 e. The summed E-state index contributed by atoms with van der Waals surface area (Å²) in [7, 11) is -3.27. The SMILES string of the molecule is CS(=O)(=O)c1ccc(-c2cnc(N(Cc3cccc(Br)c3)c3ccc(Cl)c(Cl)c3)o2)cc1. The number of sulfone groups is 1. The molecular weight excluding hydrogens is 535 g/mol. The second-order valence-electron chi connectivity index (χ2n) is 7.12. The largest absolute Gasteiger partial charge is 0.423 e. The van der Waals surface area contributed by atoms with Crippen molar-refractivity contribution in [3.8, 4) is 11.3 Å². The molecule has 4 rings (SSSR count). The Kier molecular flexibility index (Phi) is 6.62. The van der Waals surface area contributed by atoms with Crippen molar-refractivity contribution >= 4 is 60.7 Å².